The molecule has 0 N–H and O–H groups in total. The summed E-state index contributed by atoms with van der Waals surface area (Å²) in [5.41, 5.74) is 0.560. The van der Waals surface area contributed by atoms with E-state index in [-0.39, 0.29) is 0 Å². The third-order valence-corrected chi connectivity index (χ3v) is 2.38. The molecule has 0 aliphatic rings. The van der Waals surface area contributed by atoms with E-state index in [1.807, 2.05) is 0 Å². The lowest BCUT2D eigenvalue weighted by atomic mass is 10.4. The van der Waals surface area contributed by atoms with Crippen LogP contribution in [0.25, 0.3) is 5.65 Å². The Hall–Kier alpha value is -2.09. The van der Waals surface area contributed by atoms with E-state index in [1.54, 1.807) is 30.6 Å². The first-order valence-corrected chi connectivity index (χ1v) is 5.44. The molecule has 0 atom stereocenters. The minimum atomic E-state index is 0.393. The smallest absolute Gasteiger partial charge is 0.239 e. The van der Waals surface area contributed by atoms with E-state index in [4.69, 9.17) is 4.74 Å². The summed E-state index contributed by atoms with van der Waals surface area (Å²) in [6.07, 6.45) is 3.26. The summed E-state index contributed by atoms with van der Waals surface area (Å²) in [4.78, 5) is 3.99. The fourth-order valence-corrected chi connectivity index (χ4v) is 1.60. The second-order valence-corrected chi connectivity index (χ2v) is 4.05. The van der Waals surface area contributed by atoms with Crippen molar-refractivity contribution in [3.63, 3.8) is 0 Å². The van der Waals surface area contributed by atoms with E-state index in [9.17, 15) is 0 Å². The van der Waals surface area contributed by atoms with Crippen LogP contribution < -0.4 is 4.74 Å². The van der Waals surface area contributed by atoms with Crippen LogP contribution in [0.15, 0.2) is 35.1 Å². The normalized spacial score (nSPS) is 10.6. The zero-order valence-electron chi connectivity index (χ0n) is 8.36. The van der Waals surface area contributed by atoms with Gasteiger partial charge >= 0.3 is 0 Å². The van der Waals surface area contributed by atoms with Crippen LogP contribution in [-0.2, 0) is 0 Å². The number of ether oxygens (including phenoxy) is 1. The Morgan fingerprint density at radius 1 is 1.24 bits per heavy atom. The van der Waals surface area contributed by atoms with Gasteiger partial charge in [0.15, 0.2) is 5.65 Å². The number of rotatable bonds is 2. The van der Waals surface area contributed by atoms with Crippen LogP contribution in [0.4, 0.5) is 0 Å². The summed E-state index contributed by atoms with van der Waals surface area (Å²) in [7, 11) is 0. The lowest BCUT2D eigenvalue weighted by Gasteiger charge is -2.03. The molecule has 0 saturated carbocycles. The average molecular weight is 293 g/mol. The molecule has 0 aliphatic heterocycles. The maximum atomic E-state index is 5.52. The zero-order chi connectivity index (χ0) is 11.7. The number of hydrogen-bond donors (Lipinski definition) is 0. The fourth-order valence-electron chi connectivity index (χ4n) is 1.26. The van der Waals surface area contributed by atoms with Crippen LogP contribution >= 0.6 is 15.9 Å². The molecule has 7 nitrogen and oxygen atoms in total. The van der Waals surface area contributed by atoms with Crippen molar-refractivity contribution in [2.45, 2.75) is 0 Å². The Morgan fingerprint density at radius 3 is 3.06 bits per heavy atom. The summed E-state index contributed by atoms with van der Waals surface area (Å²) in [6, 6.07) is 5.19. The third kappa shape index (κ3) is 2.07. The maximum Gasteiger partial charge on any atom is 0.239 e. The summed E-state index contributed by atoms with van der Waals surface area (Å²) in [5.74, 6) is 0.976. The van der Waals surface area contributed by atoms with Gasteiger partial charge in [-0.05, 0) is 38.5 Å². The second kappa shape index (κ2) is 4.06. The maximum absolute atomic E-state index is 5.52. The highest BCUT2D eigenvalue weighted by Crippen LogP contribution is 2.21. The first kappa shape index (κ1) is 10.1. The number of hydrogen-bond acceptors (Lipinski definition) is 6. The van der Waals surface area contributed by atoms with E-state index in [0.29, 0.717) is 17.3 Å². The van der Waals surface area contributed by atoms with Crippen molar-refractivity contribution in [2.75, 3.05) is 0 Å². The molecule has 0 radical (unpaired) electrons. The van der Waals surface area contributed by atoms with Gasteiger partial charge in [-0.3, -0.25) is 4.98 Å². The topological polar surface area (TPSA) is 78.1 Å². The van der Waals surface area contributed by atoms with Crippen molar-refractivity contribution in [1.82, 2.24) is 30.2 Å². The second-order valence-electron chi connectivity index (χ2n) is 3.14. The lowest BCUT2D eigenvalue weighted by molar-refractivity contribution is 0.445. The Kier molecular flexibility index (Phi) is 2.41. The van der Waals surface area contributed by atoms with E-state index in [1.165, 1.54) is 4.63 Å². The van der Waals surface area contributed by atoms with E-state index in [2.05, 4.69) is 41.5 Å². The minimum absolute atomic E-state index is 0.393. The molecule has 0 aliphatic carbocycles. The van der Waals surface area contributed by atoms with Crippen molar-refractivity contribution < 1.29 is 4.74 Å². The first-order chi connectivity index (χ1) is 8.31. The zero-order valence-corrected chi connectivity index (χ0v) is 9.94. The van der Waals surface area contributed by atoms with Gasteiger partial charge in [-0.15, -0.1) is 14.8 Å². The number of fused-ring (bicyclic) bond motifs is 1. The highest BCUT2D eigenvalue weighted by molar-refractivity contribution is 9.10. The van der Waals surface area contributed by atoms with Gasteiger partial charge in [0.25, 0.3) is 0 Å². The highest BCUT2D eigenvalue weighted by atomic mass is 79.9. The summed E-state index contributed by atoms with van der Waals surface area (Å²) in [5, 5.41) is 15.0. The predicted molar refractivity (Wildman–Crippen MR) is 60.6 cm³/mol. The first-order valence-electron chi connectivity index (χ1n) is 4.65. The summed E-state index contributed by atoms with van der Waals surface area (Å²) in [6.45, 7) is 0. The lowest BCUT2D eigenvalue weighted by Crippen LogP contribution is -1.97. The average Bonchev–Trinajstić information content (AvgIpc) is 2.76. The molecule has 0 saturated heterocycles. The SMILES string of the molecule is Brc1cncc(Oc2ccc3nnnn3n2)c1. The van der Waals surface area contributed by atoms with Crippen molar-refractivity contribution in [2.24, 2.45) is 0 Å². The molecular formula is C9H5BrN6O. The van der Waals surface area contributed by atoms with E-state index in [0.717, 1.165) is 4.47 Å². The molecule has 0 spiro atoms. The van der Waals surface area contributed by atoms with Crippen LogP contribution in [-0.4, -0.2) is 30.2 Å². The minimum Gasteiger partial charge on any atom is -0.436 e. The van der Waals surface area contributed by atoms with Crippen molar-refractivity contribution in [3.8, 4) is 11.6 Å². The highest BCUT2D eigenvalue weighted by Gasteiger charge is 2.03. The predicted octanol–water partition coefficient (Wildman–Crippen LogP) is 1.47. The standard InChI is InChI=1S/C9H5BrN6O/c10-6-3-7(5-11-4-6)17-9-2-1-8-12-14-15-16(8)13-9/h1-5H. The Labute approximate surface area is 104 Å². The van der Waals surface area contributed by atoms with Crippen LogP contribution in [0.1, 0.15) is 0 Å². The number of halogens is 1. The molecule has 0 fully saturated rings. The van der Waals surface area contributed by atoms with Gasteiger partial charge in [0, 0.05) is 16.7 Å². The molecule has 8 heteroatoms. The third-order valence-electron chi connectivity index (χ3n) is 1.95. The molecule has 3 rings (SSSR count). The molecule has 3 heterocycles. The summed E-state index contributed by atoms with van der Waals surface area (Å²) >= 11 is 3.31. The molecule has 0 unspecified atom stereocenters. The van der Waals surface area contributed by atoms with E-state index < -0.39 is 0 Å². The Balaban J connectivity index is 1.94. The number of nitrogens with zero attached hydrogens (tertiary/aromatic N) is 6. The molecule has 0 bridgehead atoms. The van der Waals surface area contributed by atoms with Crippen LogP contribution in [0.5, 0.6) is 11.6 Å². The largest absolute Gasteiger partial charge is 0.436 e. The van der Waals surface area contributed by atoms with Gasteiger partial charge in [-0.25, -0.2) is 0 Å². The Morgan fingerprint density at radius 2 is 2.18 bits per heavy atom. The van der Waals surface area contributed by atoms with Gasteiger partial charge in [0.05, 0.1) is 6.20 Å². The molecule has 0 amide bonds. The van der Waals surface area contributed by atoms with Crippen molar-refractivity contribution in [1.29, 1.82) is 0 Å². The summed E-state index contributed by atoms with van der Waals surface area (Å²) < 4.78 is 7.64. The van der Waals surface area contributed by atoms with Crippen molar-refractivity contribution >= 4 is 21.6 Å². The number of aromatic nitrogens is 6. The monoisotopic (exact) mass is 292 g/mol. The molecule has 17 heavy (non-hydrogen) atoms. The number of tetrazole rings is 1. The molecule has 3 aromatic rings. The van der Waals surface area contributed by atoms with Gasteiger partial charge < -0.3 is 4.74 Å². The van der Waals surface area contributed by atoms with Crippen LogP contribution in [0.3, 0.4) is 0 Å². The molecule has 0 aromatic carbocycles. The van der Waals surface area contributed by atoms with Gasteiger partial charge in [0.1, 0.15) is 5.75 Å². The Bertz CT molecular complexity index is 669. The molecular weight excluding hydrogens is 288 g/mol. The van der Waals surface area contributed by atoms with Gasteiger partial charge in [-0.1, -0.05) is 0 Å². The van der Waals surface area contributed by atoms with Gasteiger partial charge in [-0.2, -0.15) is 0 Å². The quantitative estimate of drug-likeness (QED) is 0.712. The van der Waals surface area contributed by atoms with Crippen molar-refractivity contribution in [3.05, 3.63) is 35.1 Å². The van der Waals surface area contributed by atoms with Gasteiger partial charge in [0.2, 0.25) is 5.88 Å². The number of pyridine rings is 1. The molecule has 84 valence electrons. The molecule has 3 aromatic heterocycles. The van der Waals surface area contributed by atoms with Crippen LogP contribution in [0, 0.1) is 0 Å². The fraction of sp³-hybridized carbons (Fsp3) is 0. The van der Waals surface area contributed by atoms with E-state index >= 15 is 0 Å². The van der Waals surface area contributed by atoms with Crippen LogP contribution in [0.2, 0.25) is 0 Å².